The summed E-state index contributed by atoms with van der Waals surface area (Å²) in [5.74, 6) is 0.601. The molecule has 2 rings (SSSR count). The number of nitrogens with one attached hydrogen (secondary N) is 1. The monoisotopic (exact) mass is 315 g/mol. The van der Waals surface area contributed by atoms with Crippen LogP contribution in [0.2, 0.25) is 0 Å². The topological polar surface area (TPSA) is 72.7 Å². The summed E-state index contributed by atoms with van der Waals surface area (Å²) in [6, 6.07) is 10.2. The van der Waals surface area contributed by atoms with Gasteiger partial charge in [-0.15, -0.1) is 5.10 Å². The minimum Gasteiger partial charge on any atom is -0.356 e. The Morgan fingerprint density at radius 3 is 2.78 bits per heavy atom. The molecule has 0 aliphatic heterocycles. The van der Waals surface area contributed by atoms with Gasteiger partial charge in [-0.25, -0.2) is 4.68 Å². The van der Waals surface area contributed by atoms with E-state index >= 15 is 0 Å². The molecule has 124 valence electrons. The Kier molecular flexibility index (Phi) is 7.23. The zero-order valence-corrected chi connectivity index (χ0v) is 13.7. The highest BCUT2D eigenvalue weighted by Crippen LogP contribution is 2.03. The van der Waals surface area contributed by atoms with Crippen LogP contribution in [0.15, 0.2) is 30.3 Å². The van der Waals surface area contributed by atoms with E-state index < -0.39 is 0 Å². The average Bonchev–Trinajstić information content (AvgIpc) is 3.01. The van der Waals surface area contributed by atoms with E-state index in [1.165, 1.54) is 18.4 Å². The molecule has 0 spiro atoms. The maximum absolute atomic E-state index is 11.9. The van der Waals surface area contributed by atoms with Gasteiger partial charge < -0.3 is 5.32 Å². The molecule has 1 aromatic carbocycles. The predicted octanol–water partition coefficient (Wildman–Crippen LogP) is 2.15. The molecule has 0 unspecified atom stereocenters. The maximum Gasteiger partial charge on any atom is 0.227 e. The minimum absolute atomic E-state index is 0.0164. The summed E-state index contributed by atoms with van der Waals surface area (Å²) in [4.78, 5) is 11.9. The second-order valence-electron chi connectivity index (χ2n) is 5.64. The fourth-order valence-electron chi connectivity index (χ4n) is 2.39. The van der Waals surface area contributed by atoms with Crippen LogP contribution in [0.1, 0.15) is 44.0 Å². The number of hydrogen-bond acceptors (Lipinski definition) is 4. The van der Waals surface area contributed by atoms with E-state index in [2.05, 4.69) is 39.9 Å². The normalized spacial score (nSPS) is 10.7. The number of tetrazole rings is 1. The van der Waals surface area contributed by atoms with Crippen molar-refractivity contribution in [3.8, 4) is 0 Å². The molecule has 1 aromatic heterocycles. The van der Waals surface area contributed by atoms with Gasteiger partial charge in [0, 0.05) is 13.1 Å². The first-order valence-corrected chi connectivity index (χ1v) is 8.35. The summed E-state index contributed by atoms with van der Waals surface area (Å²) in [5.41, 5.74) is 1.23. The summed E-state index contributed by atoms with van der Waals surface area (Å²) in [6.07, 6.45) is 5.68. The first-order chi connectivity index (χ1) is 11.3. The van der Waals surface area contributed by atoms with E-state index in [-0.39, 0.29) is 12.3 Å². The van der Waals surface area contributed by atoms with Crippen molar-refractivity contribution < 1.29 is 4.79 Å². The number of unbranched alkanes of at least 4 members (excludes halogenated alkanes) is 3. The Hall–Kier alpha value is -2.24. The van der Waals surface area contributed by atoms with Crippen molar-refractivity contribution in [1.82, 2.24) is 25.5 Å². The Morgan fingerprint density at radius 1 is 1.17 bits per heavy atom. The van der Waals surface area contributed by atoms with Gasteiger partial charge in [0.2, 0.25) is 5.91 Å². The molecule has 1 heterocycles. The fraction of sp³-hybridized carbons (Fsp3) is 0.529. The fourth-order valence-corrected chi connectivity index (χ4v) is 2.39. The molecule has 23 heavy (non-hydrogen) atoms. The van der Waals surface area contributed by atoms with E-state index in [1.54, 1.807) is 4.68 Å². The third-order valence-electron chi connectivity index (χ3n) is 3.73. The highest BCUT2D eigenvalue weighted by molar-refractivity contribution is 5.77. The van der Waals surface area contributed by atoms with E-state index in [1.807, 2.05) is 18.2 Å². The first-order valence-electron chi connectivity index (χ1n) is 8.35. The van der Waals surface area contributed by atoms with Crippen LogP contribution >= 0.6 is 0 Å². The number of carbonyl (C=O) groups excluding carboxylic acids is 1. The van der Waals surface area contributed by atoms with Crippen molar-refractivity contribution in [2.75, 3.05) is 6.54 Å². The summed E-state index contributed by atoms with van der Waals surface area (Å²) in [6.45, 7) is 3.58. The van der Waals surface area contributed by atoms with E-state index in [0.29, 0.717) is 12.4 Å². The molecule has 6 heteroatoms. The molecule has 1 N–H and O–H groups in total. The predicted molar refractivity (Wildman–Crippen MR) is 88.8 cm³/mol. The van der Waals surface area contributed by atoms with Crippen LogP contribution in [0, 0.1) is 0 Å². The van der Waals surface area contributed by atoms with Gasteiger partial charge in [-0.05, 0) is 28.8 Å². The van der Waals surface area contributed by atoms with Gasteiger partial charge in [0.25, 0.3) is 0 Å². The molecule has 6 nitrogen and oxygen atoms in total. The molecular formula is C17H25N5O. The van der Waals surface area contributed by atoms with Gasteiger partial charge in [0.1, 0.15) is 0 Å². The number of hydrogen-bond donors (Lipinski definition) is 1. The van der Waals surface area contributed by atoms with Gasteiger partial charge in [0.05, 0.1) is 6.42 Å². The molecule has 0 saturated carbocycles. The van der Waals surface area contributed by atoms with Gasteiger partial charge in [-0.1, -0.05) is 56.5 Å². The van der Waals surface area contributed by atoms with Crippen LogP contribution in [-0.4, -0.2) is 32.7 Å². The summed E-state index contributed by atoms with van der Waals surface area (Å²) < 4.78 is 1.71. The van der Waals surface area contributed by atoms with Crippen LogP contribution in [-0.2, 0) is 24.2 Å². The molecule has 2 aromatic rings. The molecule has 0 bridgehead atoms. The Bertz CT molecular complexity index is 582. The summed E-state index contributed by atoms with van der Waals surface area (Å²) in [7, 11) is 0. The quantitative estimate of drug-likeness (QED) is 0.682. The van der Waals surface area contributed by atoms with E-state index in [0.717, 1.165) is 25.8 Å². The number of aromatic nitrogens is 4. The highest BCUT2D eigenvalue weighted by atomic mass is 16.1. The molecule has 0 atom stereocenters. The number of carbonyl (C=O) groups is 1. The average molecular weight is 315 g/mol. The molecule has 0 radical (unpaired) electrons. The van der Waals surface area contributed by atoms with Crippen LogP contribution in [0.25, 0.3) is 0 Å². The molecule has 0 aliphatic rings. The second kappa shape index (κ2) is 9.71. The summed E-state index contributed by atoms with van der Waals surface area (Å²) >= 11 is 0. The van der Waals surface area contributed by atoms with Crippen molar-refractivity contribution >= 4 is 5.91 Å². The van der Waals surface area contributed by atoms with Gasteiger partial charge >= 0.3 is 0 Å². The maximum atomic E-state index is 11.9. The number of rotatable bonds is 10. The van der Waals surface area contributed by atoms with Crippen molar-refractivity contribution in [3.05, 3.63) is 41.7 Å². The van der Waals surface area contributed by atoms with E-state index in [9.17, 15) is 4.79 Å². The third-order valence-corrected chi connectivity index (χ3v) is 3.73. The second-order valence-corrected chi connectivity index (χ2v) is 5.64. The number of amides is 1. The highest BCUT2D eigenvalue weighted by Gasteiger charge is 2.11. The Balaban J connectivity index is 1.75. The van der Waals surface area contributed by atoms with Gasteiger partial charge in [0.15, 0.2) is 5.82 Å². The number of nitrogens with zero attached hydrogens (tertiary/aromatic N) is 4. The molecular weight excluding hydrogens is 290 g/mol. The van der Waals surface area contributed by atoms with Gasteiger partial charge in [-0.2, -0.15) is 0 Å². The minimum atomic E-state index is -0.0164. The zero-order valence-electron chi connectivity index (χ0n) is 13.7. The van der Waals surface area contributed by atoms with Crippen molar-refractivity contribution in [3.63, 3.8) is 0 Å². The van der Waals surface area contributed by atoms with Crippen LogP contribution < -0.4 is 5.32 Å². The number of aryl methyl sites for hydroxylation is 2. The molecule has 0 saturated heterocycles. The van der Waals surface area contributed by atoms with Crippen LogP contribution in [0.4, 0.5) is 0 Å². The molecule has 0 fully saturated rings. The van der Waals surface area contributed by atoms with Crippen molar-refractivity contribution in [1.29, 1.82) is 0 Å². The molecule has 0 aliphatic carbocycles. The smallest absolute Gasteiger partial charge is 0.227 e. The van der Waals surface area contributed by atoms with E-state index in [4.69, 9.17) is 0 Å². The lowest BCUT2D eigenvalue weighted by atomic mass is 10.1. The first kappa shape index (κ1) is 17.1. The zero-order chi connectivity index (χ0) is 16.3. The van der Waals surface area contributed by atoms with Crippen LogP contribution in [0.3, 0.4) is 0 Å². The third kappa shape index (κ3) is 6.18. The van der Waals surface area contributed by atoms with Crippen molar-refractivity contribution in [2.24, 2.45) is 0 Å². The SMILES string of the molecule is CCCCCCNC(=O)Cc1nnnn1CCc1ccccc1. The van der Waals surface area contributed by atoms with Crippen LogP contribution in [0.5, 0.6) is 0 Å². The Labute approximate surface area is 137 Å². The lowest BCUT2D eigenvalue weighted by Gasteiger charge is -2.06. The lowest BCUT2D eigenvalue weighted by molar-refractivity contribution is -0.120. The van der Waals surface area contributed by atoms with Crippen molar-refractivity contribution in [2.45, 2.75) is 52.0 Å². The Morgan fingerprint density at radius 2 is 2.00 bits per heavy atom. The standard InChI is InChI=1S/C17H25N5O/c1-2-3-4-8-12-18-17(23)14-16-19-20-21-22(16)13-11-15-9-6-5-7-10-15/h5-7,9-10H,2-4,8,11-14H2,1H3,(H,18,23). The molecule has 1 amide bonds. The van der Waals surface area contributed by atoms with Gasteiger partial charge in [-0.3, -0.25) is 4.79 Å². The number of benzene rings is 1. The lowest BCUT2D eigenvalue weighted by Crippen LogP contribution is -2.27. The summed E-state index contributed by atoms with van der Waals surface area (Å²) in [5, 5.41) is 14.6. The largest absolute Gasteiger partial charge is 0.356 e.